The van der Waals surface area contributed by atoms with Crippen LogP contribution in [0, 0.1) is 5.82 Å². The highest BCUT2D eigenvalue weighted by molar-refractivity contribution is 5.31. The maximum absolute atomic E-state index is 14.3. The minimum atomic E-state index is -0.327. The molecule has 0 heterocycles. The first-order valence-electron chi connectivity index (χ1n) is 7.75. The number of methoxy groups -OCH3 is 2. The van der Waals surface area contributed by atoms with Crippen molar-refractivity contribution in [3.8, 4) is 5.75 Å². The molecule has 0 spiro atoms. The van der Waals surface area contributed by atoms with Gasteiger partial charge in [0.25, 0.3) is 0 Å². The van der Waals surface area contributed by atoms with Crippen LogP contribution < -0.4 is 10.5 Å². The van der Waals surface area contributed by atoms with E-state index in [0.29, 0.717) is 12.0 Å². The zero-order chi connectivity index (χ0) is 15.3. The van der Waals surface area contributed by atoms with E-state index < -0.39 is 0 Å². The van der Waals surface area contributed by atoms with Crippen LogP contribution >= 0.6 is 0 Å². The number of ether oxygens (including phenoxy) is 2. The van der Waals surface area contributed by atoms with Gasteiger partial charge in [-0.15, -0.1) is 0 Å². The molecule has 1 fully saturated rings. The summed E-state index contributed by atoms with van der Waals surface area (Å²) in [6.07, 6.45) is 7.09. The number of hydrogen-bond acceptors (Lipinski definition) is 3. The Morgan fingerprint density at radius 1 is 1.19 bits per heavy atom. The number of rotatable bonds is 5. The van der Waals surface area contributed by atoms with Crippen molar-refractivity contribution >= 4 is 0 Å². The van der Waals surface area contributed by atoms with Gasteiger partial charge in [0.1, 0.15) is 0 Å². The lowest BCUT2D eigenvalue weighted by Gasteiger charge is -2.37. The Balaban J connectivity index is 2.17. The molecule has 0 radical (unpaired) electrons. The number of nitrogens with two attached hydrogens (primary N) is 1. The lowest BCUT2D eigenvalue weighted by molar-refractivity contribution is -0.0431. The van der Waals surface area contributed by atoms with Crippen LogP contribution in [0.25, 0.3) is 0 Å². The molecule has 1 aromatic carbocycles. The predicted octanol–water partition coefficient (Wildman–Crippen LogP) is 3.44. The second kappa shape index (κ2) is 7.23. The third kappa shape index (κ3) is 3.55. The average Bonchev–Trinajstić information content (AvgIpc) is 2.75. The van der Waals surface area contributed by atoms with Crippen LogP contribution in [0.3, 0.4) is 0 Å². The van der Waals surface area contributed by atoms with Crippen molar-refractivity contribution in [2.45, 2.75) is 56.6 Å². The summed E-state index contributed by atoms with van der Waals surface area (Å²) < 4.78 is 25.1. The van der Waals surface area contributed by atoms with E-state index in [1.54, 1.807) is 25.3 Å². The molecule has 0 bridgehead atoms. The van der Waals surface area contributed by atoms with Crippen LogP contribution in [-0.2, 0) is 11.2 Å². The van der Waals surface area contributed by atoms with E-state index in [2.05, 4.69) is 0 Å². The van der Waals surface area contributed by atoms with Gasteiger partial charge in [0.15, 0.2) is 11.6 Å². The van der Waals surface area contributed by atoms with Gasteiger partial charge in [-0.25, -0.2) is 4.39 Å². The summed E-state index contributed by atoms with van der Waals surface area (Å²) in [6, 6.07) is 5.00. The van der Waals surface area contributed by atoms with Crippen molar-refractivity contribution in [1.82, 2.24) is 0 Å². The lowest BCUT2D eigenvalue weighted by atomic mass is 9.83. The summed E-state index contributed by atoms with van der Waals surface area (Å²) in [7, 11) is 3.21. The molecule has 0 aromatic heterocycles. The van der Waals surface area contributed by atoms with Crippen LogP contribution in [0.4, 0.5) is 4.39 Å². The molecular formula is C17H26FNO2. The highest BCUT2D eigenvalue weighted by Crippen LogP contribution is 2.34. The summed E-state index contributed by atoms with van der Waals surface area (Å²) in [4.78, 5) is 0. The van der Waals surface area contributed by atoms with E-state index in [0.717, 1.165) is 25.7 Å². The van der Waals surface area contributed by atoms with Crippen molar-refractivity contribution in [3.05, 3.63) is 29.6 Å². The Bertz CT molecular complexity index is 456. The maximum Gasteiger partial charge on any atom is 0.168 e. The molecular weight excluding hydrogens is 269 g/mol. The van der Waals surface area contributed by atoms with E-state index in [4.69, 9.17) is 15.2 Å². The zero-order valence-electron chi connectivity index (χ0n) is 13.0. The lowest BCUT2D eigenvalue weighted by Crippen LogP contribution is -2.50. The summed E-state index contributed by atoms with van der Waals surface area (Å²) in [5.74, 6) is -0.0395. The van der Waals surface area contributed by atoms with Gasteiger partial charge in [0.2, 0.25) is 0 Å². The first kappa shape index (κ1) is 16.2. The van der Waals surface area contributed by atoms with Gasteiger partial charge in [0, 0.05) is 13.2 Å². The first-order valence-corrected chi connectivity index (χ1v) is 7.75. The smallest absolute Gasteiger partial charge is 0.168 e. The predicted molar refractivity (Wildman–Crippen MR) is 82.1 cm³/mol. The van der Waals surface area contributed by atoms with Gasteiger partial charge in [-0.1, -0.05) is 37.8 Å². The molecule has 1 saturated carbocycles. The molecule has 1 aliphatic carbocycles. The molecule has 21 heavy (non-hydrogen) atoms. The Labute approximate surface area is 126 Å². The maximum atomic E-state index is 14.3. The van der Waals surface area contributed by atoms with Crippen LogP contribution in [0.2, 0.25) is 0 Å². The largest absolute Gasteiger partial charge is 0.494 e. The molecule has 0 amide bonds. The molecule has 1 unspecified atom stereocenters. The number of benzene rings is 1. The van der Waals surface area contributed by atoms with Crippen molar-refractivity contribution in [3.63, 3.8) is 0 Å². The molecule has 0 aliphatic heterocycles. The zero-order valence-corrected chi connectivity index (χ0v) is 13.0. The van der Waals surface area contributed by atoms with Gasteiger partial charge in [-0.3, -0.25) is 0 Å². The van der Waals surface area contributed by atoms with Crippen LogP contribution in [0.15, 0.2) is 18.2 Å². The van der Waals surface area contributed by atoms with E-state index >= 15 is 0 Å². The van der Waals surface area contributed by atoms with Crippen molar-refractivity contribution in [1.29, 1.82) is 0 Å². The summed E-state index contributed by atoms with van der Waals surface area (Å²) in [5, 5.41) is 0. The van der Waals surface area contributed by atoms with E-state index in [1.807, 2.05) is 0 Å². The van der Waals surface area contributed by atoms with Gasteiger partial charge < -0.3 is 15.2 Å². The molecule has 1 aromatic rings. The monoisotopic (exact) mass is 295 g/mol. The van der Waals surface area contributed by atoms with Gasteiger partial charge >= 0.3 is 0 Å². The van der Waals surface area contributed by atoms with E-state index in [9.17, 15) is 4.39 Å². The molecule has 3 nitrogen and oxygen atoms in total. The minimum absolute atomic E-state index is 0.206. The van der Waals surface area contributed by atoms with Crippen LogP contribution in [0.5, 0.6) is 5.75 Å². The van der Waals surface area contributed by atoms with Crippen LogP contribution in [-0.4, -0.2) is 25.9 Å². The normalized spacial score (nSPS) is 19.8. The van der Waals surface area contributed by atoms with E-state index in [-0.39, 0.29) is 23.2 Å². The number of hydrogen-bond donors (Lipinski definition) is 1. The fourth-order valence-electron chi connectivity index (χ4n) is 3.35. The molecule has 2 N–H and O–H groups in total. The number of halogens is 1. The first-order chi connectivity index (χ1) is 10.1. The summed E-state index contributed by atoms with van der Waals surface area (Å²) in [6.45, 7) is 0. The second-order valence-corrected chi connectivity index (χ2v) is 5.93. The highest BCUT2D eigenvalue weighted by atomic mass is 19.1. The Morgan fingerprint density at radius 3 is 2.43 bits per heavy atom. The van der Waals surface area contributed by atoms with Gasteiger partial charge in [0.05, 0.1) is 12.7 Å². The Morgan fingerprint density at radius 2 is 1.86 bits per heavy atom. The van der Waals surface area contributed by atoms with Gasteiger partial charge in [-0.05, 0) is 30.9 Å². The molecule has 118 valence electrons. The highest BCUT2D eigenvalue weighted by Gasteiger charge is 2.37. The minimum Gasteiger partial charge on any atom is -0.494 e. The summed E-state index contributed by atoms with van der Waals surface area (Å²) in [5.41, 5.74) is 6.70. The third-order valence-corrected chi connectivity index (χ3v) is 4.74. The molecule has 2 rings (SSSR count). The SMILES string of the molecule is COc1cccc(CC(N)C2(OC)CCCCCC2)c1F. The fraction of sp³-hybridized carbons (Fsp3) is 0.647. The quantitative estimate of drug-likeness (QED) is 0.846. The summed E-state index contributed by atoms with van der Waals surface area (Å²) >= 11 is 0. The topological polar surface area (TPSA) is 44.5 Å². The average molecular weight is 295 g/mol. The van der Waals surface area contributed by atoms with Crippen molar-refractivity contribution in [2.75, 3.05) is 14.2 Å². The van der Waals surface area contributed by atoms with Crippen molar-refractivity contribution in [2.24, 2.45) is 5.73 Å². The van der Waals surface area contributed by atoms with E-state index in [1.165, 1.54) is 20.0 Å². The molecule has 0 saturated heterocycles. The van der Waals surface area contributed by atoms with Gasteiger partial charge in [-0.2, -0.15) is 0 Å². The Kier molecular flexibility index (Phi) is 5.59. The molecule has 1 atom stereocenters. The fourth-order valence-corrected chi connectivity index (χ4v) is 3.35. The Hall–Kier alpha value is -1.13. The third-order valence-electron chi connectivity index (χ3n) is 4.74. The molecule has 4 heteroatoms. The standard InChI is InChI=1S/C17H26FNO2/c1-20-14-9-7-8-13(16(14)18)12-15(19)17(21-2)10-5-3-4-6-11-17/h7-9,15H,3-6,10-12,19H2,1-2H3. The van der Waals surface area contributed by atoms with Crippen LogP contribution in [0.1, 0.15) is 44.1 Å². The molecule has 1 aliphatic rings. The van der Waals surface area contributed by atoms with Crippen molar-refractivity contribution < 1.29 is 13.9 Å². The second-order valence-electron chi connectivity index (χ2n) is 5.93.